The number of nitrogens with one attached hydrogen (secondary N) is 1. The molecule has 0 saturated carbocycles. The van der Waals surface area contributed by atoms with E-state index in [1.165, 1.54) is 18.2 Å². The zero-order chi connectivity index (χ0) is 12.8. The Bertz CT molecular complexity index is 433. The minimum absolute atomic E-state index is 0.00674. The van der Waals surface area contributed by atoms with Crippen LogP contribution in [-0.2, 0) is 10.8 Å². The van der Waals surface area contributed by atoms with Gasteiger partial charge in [0.2, 0.25) is 0 Å². The highest BCUT2D eigenvalue weighted by Crippen LogP contribution is 2.21. The van der Waals surface area contributed by atoms with Crippen LogP contribution in [0.5, 0.6) is 11.5 Å². The standard InChI is InChI=1S/C11H15NO4S/c1-2-17(16)6-5-12-11(15)9-7-8(13)3-4-10(9)14/h3-4,7,13-14H,2,5-6H2,1H3,(H,12,15). The molecule has 1 atom stereocenters. The Hall–Kier alpha value is -1.56. The summed E-state index contributed by atoms with van der Waals surface area (Å²) in [7, 11) is -0.936. The lowest BCUT2D eigenvalue weighted by atomic mass is 10.2. The van der Waals surface area contributed by atoms with Gasteiger partial charge in [0.25, 0.3) is 5.91 Å². The molecule has 0 bridgehead atoms. The molecule has 6 heteroatoms. The molecule has 0 aliphatic rings. The number of hydrogen-bond donors (Lipinski definition) is 3. The molecule has 1 aromatic rings. The normalized spacial score (nSPS) is 12.1. The number of rotatable bonds is 5. The minimum Gasteiger partial charge on any atom is -0.508 e. The minimum atomic E-state index is -0.936. The van der Waals surface area contributed by atoms with Crippen molar-refractivity contribution >= 4 is 16.7 Å². The first kappa shape index (κ1) is 13.5. The van der Waals surface area contributed by atoms with Gasteiger partial charge in [0.1, 0.15) is 11.5 Å². The third-order valence-corrected chi connectivity index (χ3v) is 3.47. The van der Waals surface area contributed by atoms with E-state index in [2.05, 4.69) is 5.32 Å². The molecule has 0 spiro atoms. The molecule has 0 fully saturated rings. The summed E-state index contributed by atoms with van der Waals surface area (Å²) in [6.45, 7) is 2.08. The van der Waals surface area contributed by atoms with Gasteiger partial charge in [-0.15, -0.1) is 0 Å². The van der Waals surface area contributed by atoms with Crippen molar-refractivity contribution < 1.29 is 19.2 Å². The molecule has 94 valence electrons. The maximum absolute atomic E-state index is 11.6. The van der Waals surface area contributed by atoms with Gasteiger partial charge in [-0.05, 0) is 18.2 Å². The quantitative estimate of drug-likeness (QED) is 0.674. The Balaban J connectivity index is 2.58. The summed E-state index contributed by atoms with van der Waals surface area (Å²) in [6.07, 6.45) is 0. The average molecular weight is 257 g/mol. The maximum atomic E-state index is 11.6. The molecule has 1 aromatic carbocycles. The lowest BCUT2D eigenvalue weighted by molar-refractivity contribution is 0.0953. The molecule has 1 amide bonds. The van der Waals surface area contributed by atoms with Crippen molar-refractivity contribution in [3.05, 3.63) is 23.8 Å². The Kier molecular flexibility index (Phi) is 4.96. The molecule has 1 unspecified atom stereocenters. The van der Waals surface area contributed by atoms with Gasteiger partial charge in [-0.25, -0.2) is 0 Å². The molecular formula is C11H15NO4S. The van der Waals surface area contributed by atoms with E-state index < -0.39 is 16.7 Å². The first-order chi connectivity index (χ1) is 8.04. The van der Waals surface area contributed by atoms with Crippen LogP contribution in [0.4, 0.5) is 0 Å². The summed E-state index contributed by atoms with van der Waals surface area (Å²) < 4.78 is 11.1. The first-order valence-corrected chi connectivity index (χ1v) is 6.68. The Morgan fingerprint density at radius 3 is 2.76 bits per heavy atom. The van der Waals surface area contributed by atoms with Crippen molar-refractivity contribution in [2.75, 3.05) is 18.1 Å². The fourth-order valence-electron chi connectivity index (χ4n) is 1.22. The summed E-state index contributed by atoms with van der Waals surface area (Å²) in [4.78, 5) is 11.6. The fraction of sp³-hybridized carbons (Fsp3) is 0.364. The van der Waals surface area contributed by atoms with E-state index in [1.807, 2.05) is 0 Å². The van der Waals surface area contributed by atoms with Crippen LogP contribution in [0.3, 0.4) is 0 Å². The number of carbonyl (C=O) groups is 1. The second-order valence-corrected chi connectivity index (χ2v) is 5.26. The smallest absolute Gasteiger partial charge is 0.255 e. The third kappa shape index (κ3) is 4.07. The van der Waals surface area contributed by atoms with Gasteiger partial charge in [-0.1, -0.05) is 6.92 Å². The van der Waals surface area contributed by atoms with Gasteiger partial charge in [-0.3, -0.25) is 9.00 Å². The number of carbonyl (C=O) groups excluding carboxylic acids is 1. The highest BCUT2D eigenvalue weighted by molar-refractivity contribution is 7.84. The molecular weight excluding hydrogens is 242 g/mol. The molecule has 0 aromatic heterocycles. The zero-order valence-electron chi connectivity index (χ0n) is 9.47. The largest absolute Gasteiger partial charge is 0.508 e. The number of aromatic hydroxyl groups is 2. The monoisotopic (exact) mass is 257 g/mol. The number of hydrogen-bond acceptors (Lipinski definition) is 4. The van der Waals surface area contributed by atoms with Gasteiger partial charge >= 0.3 is 0 Å². The van der Waals surface area contributed by atoms with Gasteiger partial charge in [0.05, 0.1) is 5.56 Å². The van der Waals surface area contributed by atoms with E-state index in [0.29, 0.717) is 11.5 Å². The molecule has 17 heavy (non-hydrogen) atoms. The van der Waals surface area contributed by atoms with E-state index in [4.69, 9.17) is 0 Å². The Morgan fingerprint density at radius 1 is 1.41 bits per heavy atom. The molecule has 1 rings (SSSR count). The number of phenols is 2. The number of amides is 1. The molecule has 5 nitrogen and oxygen atoms in total. The SMILES string of the molecule is CCS(=O)CCNC(=O)c1cc(O)ccc1O. The molecule has 3 N–H and O–H groups in total. The molecule has 0 heterocycles. The molecule has 0 saturated heterocycles. The van der Waals surface area contributed by atoms with Crippen LogP contribution in [0.15, 0.2) is 18.2 Å². The zero-order valence-corrected chi connectivity index (χ0v) is 10.3. The topological polar surface area (TPSA) is 86.6 Å². The van der Waals surface area contributed by atoms with Crippen LogP contribution >= 0.6 is 0 Å². The maximum Gasteiger partial charge on any atom is 0.255 e. The van der Waals surface area contributed by atoms with Crippen LogP contribution in [0.1, 0.15) is 17.3 Å². The predicted molar refractivity (Wildman–Crippen MR) is 65.7 cm³/mol. The second-order valence-electron chi connectivity index (χ2n) is 3.39. The van der Waals surface area contributed by atoms with Crippen LogP contribution in [0.25, 0.3) is 0 Å². The third-order valence-electron chi connectivity index (χ3n) is 2.16. The molecule has 0 aliphatic carbocycles. The van der Waals surface area contributed by atoms with Crippen LogP contribution < -0.4 is 5.32 Å². The highest BCUT2D eigenvalue weighted by atomic mass is 32.2. The van der Waals surface area contributed by atoms with Crippen molar-refractivity contribution in [1.82, 2.24) is 5.32 Å². The Morgan fingerprint density at radius 2 is 2.12 bits per heavy atom. The van der Waals surface area contributed by atoms with Crippen LogP contribution in [0.2, 0.25) is 0 Å². The first-order valence-electron chi connectivity index (χ1n) is 5.19. The van der Waals surface area contributed by atoms with Crippen molar-refractivity contribution in [1.29, 1.82) is 0 Å². The van der Waals surface area contributed by atoms with Crippen LogP contribution in [0, 0.1) is 0 Å². The second kappa shape index (κ2) is 6.24. The van der Waals surface area contributed by atoms with E-state index >= 15 is 0 Å². The Labute approximate surface area is 102 Å². The predicted octanol–water partition coefficient (Wildman–Crippen LogP) is 0.596. The van der Waals surface area contributed by atoms with Crippen molar-refractivity contribution in [3.63, 3.8) is 0 Å². The number of benzene rings is 1. The average Bonchev–Trinajstić information content (AvgIpc) is 2.31. The van der Waals surface area contributed by atoms with E-state index in [1.54, 1.807) is 6.92 Å². The van der Waals surface area contributed by atoms with Crippen LogP contribution in [-0.4, -0.2) is 38.4 Å². The summed E-state index contributed by atoms with van der Waals surface area (Å²) in [5.74, 6) is 0.142. The van der Waals surface area contributed by atoms with Crippen molar-refractivity contribution in [2.45, 2.75) is 6.92 Å². The summed E-state index contributed by atoms with van der Waals surface area (Å²) in [5.41, 5.74) is 0.00674. The van der Waals surface area contributed by atoms with Gasteiger partial charge in [-0.2, -0.15) is 0 Å². The van der Waals surface area contributed by atoms with Gasteiger partial charge in [0, 0.05) is 28.9 Å². The number of phenolic OH excluding ortho intramolecular Hbond substituents is 2. The fourth-order valence-corrected chi connectivity index (χ4v) is 1.84. The van der Waals surface area contributed by atoms with Crippen molar-refractivity contribution in [3.8, 4) is 11.5 Å². The van der Waals surface area contributed by atoms with E-state index in [9.17, 15) is 19.2 Å². The lowest BCUT2D eigenvalue weighted by Crippen LogP contribution is -2.28. The molecule has 0 aliphatic heterocycles. The van der Waals surface area contributed by atoms with Gasteiger partial charge in [0.15, 0.2) is 0 Å². The van der Waals surface area contributed by atoms with Gasteiger partial charge < -0.3 is 15.5 Å². The van der Waals surface area contributed by atoms with E-state index in [-0.39, 0.29) is 23.6 Å². The summed E-state index contributed by atoms with van der Waals surface area (Å²) in [6, 6.07) is 3.72. The molecule has 0 radical (unpaired) electrons. The van der Waals surface area contributed by atoms with Crippen molar-refractivity contribution in [2.24, 2.45) is 0 Å². The van der Waals surface area contributed by atoms with E-state index in [0.717, 1.165) is 0 Å². The summed E-state index contributed by atoms with van der Waals surface area (Å²) in [5, 5.41) is 21.2. The lowest BCUT2D eigenvalue weighted by Gasteiger charge is -2.06. The summed E-state index contributed by atoms with van der Waals surface area (Å²) >= 11 is 0. The highest BCUT2D eigenvalue weighted by Gasteiger charge is 2.11.